The molecule has 0 amide bonds. The van der Waals surface area contributed by atoms with Gasteiger partial charge in [0.1, 0.15) is 36.6 Å². The number of rotatable bonds is 9. The Morgan fingerprint density at radius 1 is 0.967 bits per heavy atom. The summed E-state index contributed by atoms with van der Waals surface area (Å²) in [5.41, 5.74) is 16.5. The van der Waals surface area contributed by atoms with Gasteiger partial charge >= 0.3 is 7.82 Å². The van der Waals surface area contributed by atoms with Crippen LogP contribution in [0.1, 0.15) is 0 Å². The minimum absolute atomic E-state index is 0.0557. The van der Waals surface area contributed by atoms with E-state index in [4.69, 9.17) is 35.9 Å². The van der Waals surface area contributed by atoms with Gasteiger partial charge in [-0.05, 0) is 0 Å². The molecular formula is C14H30N3O12P. The molecule has 2 rings (SSSR count). The lowest BCUT2D eigenvalue weighted by Crippen LogP contribution is -2.64. The number of hydrogen-bond acceptors (Lipinski definition) is 14. The molecule has 11 atom stereocenters. The molecule has 12 N–H and O–H groups in total. The van der Waals surface area contributed by atoms with Gasteiger partial charge in [-0.25, -0.2) is 4.57 Å². The molecule has 0 aromatic heterocycles. The SMILES string of the molecule is NCCOP(=O)(O)O[C@H]1[C@H](O)[C@@H](N)[C@H](OC[C@H]2O[C@H](O)[C@H](N)[C@@H](O)[C@@H]2O)O[C@@H]1CO. The smallest absolute Gasteiger partial charge is 0.394 e. The average Bonchev–Trinajstić information content (AvgIpc) is 2.71. The van der Waals surface area contributed by atoms with Crippen LogP contribution < -0.4 is 17.2 Å². The van der Waals surface area contributed by atoms with Crippen molar-refractivity contribution in [3.05, 3.63) is 0 Å². The van der Waals surface area contributed by atoms with Crippen molar-refractivity contribution in [1.29, 1.82) is 0 Å². The first-order chi connectivity index (χ1) is 14.0. The molecule has 1 unspecified atom stereocenters. The van der Waals surface area contributed by atoms with Gasteiger partial charge in [0.25, 0.3) is 0 Å². The quantitative estimate of drug-likeness (QED) is 0.144. The minimum Gasteiger partial charge on any atom is -0.394 e. The maximum Gasteiger partial charge on any atom is 0.472 e. The molecule has 178 valence electrons. The topological polar surface area (TPSA) is 263 Å². The fraction of sp³-hybridized carbons (Fsp3) is 1.00. The normalized spacial score (nSPS) is 44.6. The Bertz CT molecular complexity index is 588. The van der Waals surface area contributed by atoms with Gasteiger partial charge in [-0.2, -0.15) is 0 Å². The summed E-state index contributed by atoms with van der Waals surface area (Å²) in [6, 6.07) is -2.54. The fourth-order valence-electron chi connectivity index (χ4n) is 3.01. The van der Waals surface area contributed by atoms with Gasteiger partial charge in [-0.1, -0.05) is 0 Å². The third-order valence-electron chi connectivity index (χ3n) is 4.72. The minimum atomic E-state index is -4.62. The molecule has 30 heavy (non-hydrogen) atoms. The molecule has 2 saturated heterocycles. The van der Waals surface area contributed by atoms with E-state index in [1.807, 2.05) is 0 Å². The molecule has 16 heteroatoms. The number of nitrogens with two attached hydrogens (primary N) is 3. The van der Waals surface area contributed by atoms with E-state index in [9.17, 15) is 35.0 Å². The molecular weight excluding hydrogens is 433 g/mol. The van der Waals surface area contributed by atoms with Crippen LogP contribution in [0.15, 0.2) is 0 Å². The Hall–Kier alpha value is -0.330. The molecule has 2 aliphatic heterocycles. The van der Waals surface area contributed by atoms with Gasteiger partial charge in [0.15, 0.2) is 12.6 Å². The third kappa shape index (κ3) is 6.13. The zero-order chi connectivity index (χ0) is 22.6. The first kappa shape index (κ1) is 25.9. The summed E-state index contributed by atoms with van der Waals surface area (Å²) in [4.78, 5) is 9.69. The number of hydrogen-bond donors (Lipinski definition) is 9. The Morgan fingerprint density at radius 3 is 2.23 bits per heavy atom. The predicted octanol–water partition coefficient (Wildman–Crippen LogP) is -5.36. The molecule has 2 fully saturated rings. The first-order valence-corrected chi connectivity index (χ1v) is 10.6. The average molecular weight is 463 g/mol. The second-order valence-corrected chi connectivity index (χ2v) is 8.32. The van der Waals surface area contributed by atoms with Crippen LogP contribution in [0.25, 0.3) is 0 Å². The van der Waals surface area contributed by atoms with Crippen molar-refractivity contribution in [2.24, 2.45) is 17.2 Å². The molecule has 0 bridgehead atoms. The van der Waals surface area contributed by atoms with Crippen LogP contribution >= 0.6 is 7.82 Å². The number of phosphoric acid groups is 1. The van der Waals surface area contributed by atoms with E-state index in [0.717, 1.165) is 0 Å². The number of ether oxygens (including phenoxy) is 3. The lowest BCUT2D eigenvalue weighted by molar-refractivity contribution is -0.292. The van der Waals surface area contributed by atoms with E-state index in [1.165, 1.54) is 0 Å². The molecule has 0 aromatic rings. The van der Waals surface area contributed by atoms with Gasteiger partial charge in [-0.3, -0.25) is 9.05 Å². The lowest BCUT2D eigenvalue weighted by atomic mass is 9.97. The van der Waals surface area contributed by atoms with Crippen molar-refractivity contribution in [3.8, 4) is 0 Å². The molecule has 2 aliphatic rings. The van der Waals surface area contributed by atoms with Gasteiger partial charge < -0.3 is 61.8 Å². The summed E-state index contributed by atoms with van der Waals surface area (Å²) in [6.45, 7) is -1.52. The molecule has 2 heterocycles. The monoisotopic (exact) mass is 463 g/mol. The van der Waals surface area contributed by atoms with Gasteiger partial charge in [0.05, 0.1) is 31.9 Å². The molecule has 0 radical (unpaired) electrons. The molecule has 0 aromatic carbocycles. The Kier molecular flexibility index (Phi) is 9.51. The zero-order valence-electron chi connectivity index (χ0n) is 15.9. The second-order valence-electron chi connectivity index (χ2n) is 6.91. The molecule has 0 spiro atoms. The van der Waals surface area contributed by atoms with E-state index >= 15 is 0 Å². The van der Waals surface area contributed by atoms with Crippen LogP contribution in [0.2, 0.25) is 0 Å². The van der Waals surface area contributed by atoms with Crippen molar-refractivity contribution >= 4 is 7.82 Å². The Morgan fingerprint density at radius 2 is 1.63 bits per heavy atom. The van der Waals surface area contributed by atoms with Crippen LogP contribution in [0.3, 0.4) is 0 Å². The summed E-state index contributed by atoms with van der Waals surface area (Å²) in [5, 5.41) is 49.4. The van der Waals surface area contributed by atoms with E-state index < -0.39 is 82.3 Å². The van der Waals surface area contributed by atoms with Crippen molar-refractivity contribution in [1.82, 2.24) is 0 Å². The Labute approximate surface area is 171 Å². The molecule has 0 aliphatic carbocycles. The van der Waals surface area contributed by atoms with Crippen LogP contribution in [0, 0.1) is 0 Å². The highest BCUT2D eigenvalue weighted by molar-refractivity contribution is 7.47. The maximum atomic E-state index is 11.9. The maximum absolute atomic E-state index is 11.9. The number of phosphoric ester groups is 1. The second kappa shape index (κ2) is 11.0. The highest BCUT2D eigenvalue weighted by Gasteiger charge is 2.49. The summed E-state index contributed by atoms with van der Waals surface area (Å²) >= 11 is 0. The zero-order valence-corrected chi connectivity index (χ0v) is 16.8. The van der Waals surface area contributed by atoms with Crippen molar-refractivity contribution in [2.75, 3.05) is 26.4 Å². The van der Waals surface area contributed by atoms with Crippen molar-refractivity contribution in [2.45, 2.75) is 61.3 Å². The summed E-state index contributed by atoms with van der Waals surface area (Å²) in [6.07, 6.45) is -11.6. The van der Waals surface area contributed by atoms with Crippen LogP contribution in [0.5, 0.6) is 0 Å². The van der Waals surface area contributed by atoms with E-state index in [1.54, 1.807) is 0 Å². The fourth-order valence-corrected chi connectivity index (χ4v) is 3.98. The lowest BCUT2D eigenvalue weighted by Gasteiger charge is -2.43. The first-order valence-electron chi connectivity index (χ1n) is 9.15. The highest BCUT2D eigenvalue weighted by atomic mass is 31.2. The van der Waals surface area contributed by atoms with Gasteiger partial charge in [0.2, 0.25) is 0 Å². The van der Waals surface area contributed by atoms with Crippen LogP contribution in [-0.4, -0.2) is 118 Å². The third-order valence-corrected chi connectivity index (χ3v) is 5.74. The predicted molar refractivity (Wildman–Crippen MR) is 96.3 cm³/mol. The number of aliphatic hydroxyl groups excluding tert-OH is 5. The van der Waals surface area contributed by atoms with Crippen LogP contribution in [-0.2, 0) is 27.8 Å². The van der Waals surface area contributed by atoms with Crippen molar-refractivity contribution < 1.29 is 58.2 Å². The molecule has 15 nitrogen and oxygen atoms in total. The van der Waals surface area contributed by atoms with Crippen molar-refractivity contribution in [3.63, 3.8) is 0 Å². The molecule has 0 saturated carbocycles. The van der Waals surface area contributed by atoms with Gasteiger partial charge in [0, 0.05) is 6.54 Å². The summed E-state index contributed by atoms with van der Waals surface area (Å²) in [7, 11) is -4.62. The van der Waals surface area contributed by atoms with E-state index in [0.29, 0.717) is 0 Å². The van der Waals surface area contributed by atoms with Gasteiger partial charge in [-0.15, -0.1) is 0 Å². The largest absolute Gasteiger partial charge is 0.472 e. The van der Waals surface area contributed by atoms with E-state index in [-0.39, 0.29) is 13.2 Å². The summed E-state index contributed by atoms with van der Waals surface area (Å²) < 4.78 is 37.3. The number of aliphatic hydroxyl groups is 5. The Balaban J connectivity index is 1.99. The van der Waals surface area contributed by atoms with E-state index in [2.05, 4.69) is 4.52 Å². The summed E-state index contributed by atoms with van der Waals surface area (Å²) in [5.74, 6) is 0. The standard InChI is InChI=1S/C14H30N3O12P/c15-1-2-26-30(23,24)29-12-5(3-18)28-14(8(17)11(12)21)25-4-6-9(19)10(20)7(16)13(22)27-6/h5-14,18-22H,1-4,15-17H2,(H,23,24)/t5-,6-,7-,8-,9-,10-,11-,12-,13+,14-/m1/s1. The van der Waals surface area contributed by atoms with Crippen LogP contribution in [0.4, 0.5) is 0 Å². The highest BCUT2D eigenvalue weighted by Crippen LogP contribution is 2.46.